The number of aryl methyl sites for hydroxylation is 1. The van der Waals surface area contributed by atoms with Crippen LogP contribution in [-0.4, -0.2) is 48.1 Å². The Kier molecular flexibility index (Phi) is 5.91. The van der Waals surface area contributed by atoms with Crippen molar-refractivity contribution in [2.75, 3.05) is 48.8 Å². The van der Waals surface area contributed by atoms with Gasteiger partial charge in [-0.05, 0) is 49.4 Å². The van der Waals surface area contributed by atoms with E-state index in [1.807, 2.05) is 6.07 Å². The molecule has 0 saturated carbocycles. The van der Waals surface area contributed by atoms with Crippen LogP contribution >= 0.6 is 0 Å². The quantitative estimate of drug-likeness (QED) is 0.668. The summed E-state index contributed by atoms with van der Waals surface area (Å²) in [5.74, 6) is 1.58. The number of rotatable bonds is 6. The SMILES string of the molecule is Cc1ccccc1CNc1cc(Nc2ccc(N3CCN(C)CC3)cc2)ncn1. The third kappa shape index (κ3) is 5.03. The Morgan fingerprint density at radius 2 is 1.62 bits per heavy atom. The molecule has 6 nitrogen and oxygen atoms in total. The van der Waals surface area contributed by atoms with E-state index < -0.39 is 0 Å². The van der Waals surface area contributed by atoms with E-state index in [2.05, 4.69) is 92.9 Å². The molecule has 0 atom stereocenters. The zero-order valence-corrected chi connectivity index (χ0v) is 17.1. The summed E-state index contributed by atoms with van der Waals surface area (Å²) in [4.78, 5) is 13.5. The molecule has 2 heterocycles. The van der Waals surface area contributed by atoms with Crippen molar-refractivity contribution < 1.29 is 0 Å². The van der Waals surface area contributed by atoms with Gasteiger partial charge >= 0.3 is 0 Å². The van der Waals surface area contributed by atoms with Gasteiger partial charge in [0, 0.05) is 50.2 Å². The lowest BCUT2D eigenvalue weighted by Gasteiger charge is -2.34. The molecule has 1 fully saturated rings. The molecule has 29 heavy (non-hydrogen) atoms. The van der Waals surface area contributed by atoms with E-state index in [0.29, 0.717) is 0 Å². The molecule has 0 unspecified atom stereocenters. The van der Waals surface area contributed by atoms with E-state index in [1.54, 1.807) is 6.33 Å². The van der Waals surface area contributed by atoms with Crippen molar-refractivity contribution in [1.82, 2.24) is 14.9 Å². The van der Waals surface area contributed by atoms with Gasteiger partial charge in [-0.1, -0.05) is 24.3 Å². The van der Waals surface area contributed by atoms with Gasteiger partial charge in [0.1, 0.15) is 18.0 Å². The number of hydrogen-bond donors (Lipinski definition) is 2. The summed E-state index contributed by atoms with van der Waals surface area (Å²) in [5, 5.41) is 6.76. The molecular formula is C23H28N6. The molecular weight excluding hydrogens is 360 g/mol. The molecule has 1 aromatic heterocycles. The first-order chi connectivity index (χ1) is 14.2. The van der Waals surface area contributed by atoms with E-state index in [-0.39, 0.29) is 0 Å². The molecule has 2 N–H and O–H groups in total. The largest absolute Gasteiger partial charge is 0.369 e. The minimum absolute atomic E-state index is 0.739. The number of benzene rings is 2. The van der Waals surface area contributed by atoms with Gasteiger partial charge in [-0.2, -0.15) is 0 Å². The topological polar surface area (TPSA) is 56.3 Å². The molecule has 1 aliphatic heterocycles. The predicted molar refractivity (Wildman–Crippen MR) is 120 cm³/mol. The molecule has 0 aliphatic carbocycles. The van der Waals surface area contributed by atoms with Gasteiger partial charge in [-0.3, -0.25) is 0 Å². The third-order valence-corrected chi connectivity index (χ3v) is 5.40. The van der Waals surface area contributed by atoms with E-state index >= 15 is 0 Å². The minimum atomic E-state index is 0.739. The third-order valence-electron chi connectivity index (χ3n) is 5.40. The van der Waals surface area contributed by atoms with E-state index in [4.69, 9.17) is 0 Å². The van der Waals surface area contributed by atoms with Crippen LogP contribution in [0.25, 0.3) is 0 Å². The van der Waals surface area contributed by atoms with Crippen molar-refractivity contribution in [2.24, 2.45) is 0 Å². The maximum absolute atomic E-state index is 4.35. The van der Waals surface area contributed by atoms with Crippen LogP contribution in [0.2, 0.25) is 0 Å². The maximum Gasteiger partial charge on any atom is 0.135 e. The smallest absolute Gasteiger partial charge is 0.135 e. The Labute approximate surface area is 172 Å². The molecule has 4 rings (SSSR count). The van der Waals surface area contributed by atoms with Crippen LogP contribution in [-0.2, 0) is 6.54 Å². The van der Waals surface area contributed by atoms with Crippen LogP contribution in [0.3, 0.4) is 0 Å². The lowest BCUT2D eigenvalue weighted by Crippen LogP contribution is -2.44. The zero-order valence-electron chi connectivity index (χ0n) is 17.1. The van der Waals surface area contributed by atoms with Gasteiger partial charge in [0.25, 0.3) is 0 Å². The Balaban J connectivity index is 1.37. The van der Waals surface area contributed by atoms with Crippen LogP contribution in [0.1, 0.15) is 11.1 Å². The number of nitrogens with zero attached hydrogens (tertiary/aromatic N) is 4. The number of nitrogens with one attached hydrogen (secondary N) is 2. The predicted octanol–water partition coefficient (Wildman–Crippen LogP) is 3.89. The van der Waals surface area contributed by atoms with E-state index in [1.165, 1.54) is 16.8 Å². The summed E-state index contributed by atoms with van der Waals surface area (Å²) in [7, 11) is 2.18. The second-order valence-corrected chi connectivity index (χ2v) is 7.53. The Morgan fingerprint density at radius 3 is 2.38 bits per heavy atom. The number of likely N-dealkylation sites (N-methyl/N-ethyl adjacent to an activating group) is 1. The van der Waals surface area contributed by atoms with Crippen molar-refractivity contribution in [3.05, 3.63) is 72.1 Å². The molecule has 6 heteroatoms. The summed E-state index contributed by atoms with van der Waals surface area (Å²) in [6.45, 7) is 7.23. The molecule has 0 bridgehead atoms. The Morgan fingerprint density at radius 1 is 0.897 bits per heavy atom. The van der Waals surface area contributed by atoms with Crippen molar-refractivity contribution in [1.29, 1.82) is 0 Å². The highest BCUT2D eigenvalue weighted by Gasteiger charge is 2.14. The molecule has 3 aromatic rings. The van der Waals surface area contributed by atoms with E-state index in [0.717, 1.165) is 50.0 Å². The maximum atomic E-state index is 4.35. The second kappa shape index (κ2) is 8.92. The van der Waals surface area contributed by atoms with Crippen LogP contribution < -0.4 is 15.5 Å². The van der Waals surface area contributed by atoms with Crippen molar-refractivity contribution in [3.63, 3.8) is 0 Å². The Bertz CT molecular complexity index is 932. The molecule has 1 aliphatic rings. The molecule has 2 aromatic carbocycles. The van der Waals surface area contributed by atoms with Gasteiger partial charge in [0.05, 0.1) is 0 Å². The van der Waals surface area contributed by atoms with Crippen molar-refractivity contribution >= 4 is 23.0 Å². The molecule has 0 spiro atoms. The fourth-order valence-corrected chi connectivity index (χ4v) is 3.48. The highest BCUT2D eigenvalue weighted by atomic mass is 15.2. The van der Waals surface area contributed by atoms with Crippen LogP contribution in [0.15, 0.2) is 60.9 Å². The number of hydrogen-bond acceptors (Lipinski definition) is 6. The van der Waals surface area contributed by atoms with Crippen LogP contribution in [0.4, 0.5) is 23.0 Å². The van der Waals surface area contributed by atoms with Gasteiger partial charge in [-0.15, -0.1) is 0 Å². The lowest BCUT2D eigenvalue weighted by molar-refractivity contribution is 0.313. The average molecular weight is 389 g/mol. The monoisotopic (exact) mass is 388 g/mol. The summed E-state index contributed by atoms with van der Waals surface area (Å²) < 4.78 is 0. The van der Waals surface area contributed by atoms with Gasteiger partial charge in [0.2, 0.25) is 0 Å². The molecule has 0 radical (unpaired) electrons. The Hall–Kier alpha value is -3.12. The van der Waals surface area contributed by atoms with Crippen molar-refractivity contribution in [2.45, 2.75) is 13.5 Å². The first kappa shape index (κ1) is 19.2. The fraction of sp³-hybridized carbons (Fsp3) is 0.304. The van der Waals surface area contributed by atoms with Gasteiger partial charge < -0.3 is 20.4 Å². The second-order valence-electron chi connectivity index (χ2n) is 7.53. The molecule has 150 valence electrons. The van der Waals surface area contributed by atoms with Crippen molar-refractivity contribution in [3.8, 4) is 0 Å². The zero-order chi connectivity index (χ0) is 20.1. The van der Waals surface area contributed by atoms with Crippen LogP contribution in [0.5, 0.6) is 0 Å². The first-order valence-electron chi connectivity index (χ1n) is 10.1. The summed E-state index contributed by atoms with van der Waals surface area (Å²) >= 11 is 0. The molecule has 1 saturated heterocycles. The fourth-order valence-electron chi connectivity index (χ4n) is 3.48. The highest BCUT2D eigenvalue weighted by Crippen LogP contribution is 2.22. The van der Waals surface area contributed by atoms with Crippen LogP contribution in [0, 0.1) is 6.92 Å². The summed E-state index contributed by atoms with van der Waals surface area (Å²) in [5.41, 5.74) is 4.83. The first-order valence-corrected chi connectivity index (χ1v) is 10.1. The lowest BCUT2D eigenvalue weighted by atomic mass is 10.1. The summed E-state index contributed by atoms with van der Waals surface area (Å²) in [6.07, 6.45) is 1.58. The van der Waals surface area contributed by atoms with Gasteiger partial charge in [0.15, 0.2) is 0 Å². The normalized spacial score (nSPS) is 14.6. The minimum Gasteiger partial charge on any atom is -0.369 e. The van der Waals surface area contributed by atoms with Gasteiger partial charge in [-0.25, -0.2) is 9.97 Å². The number of piperazine rings is 1. The standard InChI is InChI=1S/C23H28N6/c1-18-5-3-4-6-19(18)16-24-22-15-23(26-17-25-22)27-20-7-9-21(10-8-20)29-13-11-28(2)12-14-29/h3-10,15,17H,11-14,16H2,1-2H3,(H2,24,25,26,27). The molecule has 0 amide bonds. The highest BCUT2D eigenvalue weighted by molar-refractivity contribution is 5.62. The number of anilines is 4. The number of aromatic nitrogens is 2. The van der Waals surface area contributed by atoms with E-state index in [9.17, 15) is 0 Å². The average Bonchev–Trinajstić information content (AvgIpc) is 2.75. The summed E-state index contributed by atoms with van der Waals surface area (Å²) in [6, 6.07) is 18.9.